The van der Waals surface area contributed by atoms with Crippen LogP contribution in [0.25, 0.3) is 0 Å². The Labute approximate surface area is 410 Å². The SMILES string of the molecule is C=CCCCCC.C=CCCCCO.CC(C)[CH2][AlH][CH2]C(C)C.CC(C)[CH2][Al]([CH2]C(C)C)[CH2]C(C)C.CC(C)[CH2][Al]([CH2]CCCCC[O][Al]([CH2]C(C)C)[CH2]C(C)C)[CH2]C(C)C. The van der Waals surface area contributed by atoms with Crippen molar-refractivity contribution in [1.82, 2.24) is 0 Å². The van der Waals surface area contributed by atoms with Gasteiger partial charge in [-0.2, -0.15) is 0 Å². The van der Waals surface area contributed by atoms with Crippen LogP contribution in [0.5, 0.6) is 0 Å². The van der Waals surface area contributed by atoms with Crippen molar-refractivity contribution in [3.8, 4) is 0 Å². The molecule has 0 unspecified atom stereocenters. The molecule has 0 saturated heterocycles. The lowest BCUT2D eigenvalue weighted by atomic mass is 10.2. The molecule has 0 amide bonds. The van der Waals surface area contributed by atoms with Crippen molar-refractivity contribution in [2.75, 3.05) is 13.2 Å². The summed E-state index contributed by atoms with van der Waals surface area (Å²) in [4.78, 5) is 0. The molecule has 1 N–H and O–H groups in total. The lowest BCUT2D eigenvalue weighted by Gasteiger charge is -2.17. The Morgan fingerprint density at radius 2 is 0.803 bits per heavy atom. The quantitative estimate of drug-likeness (QED) is 0.0396. The Balaban J connectivity index is -0.000000241. The van der Waals surface area contributed by atoms with Gasteiger partial charge in [-0.3, -0.25) is 0 Å². The average molecular weight is 921 g/mol. The summed E-state index contributed by atoms with van der Waals surface area (Å²) in [7, 11) is 0. The number of rotatable bonds is 34. The van der Waals surface area contributed by atoms with Crippen LogP contribution in [0.1, 0.15) is 202 Å². The van der Waals surface area contributed by atoms with Gasteiger partial charge in [-0.1, -0.05) is 282 Å². The van der Waals surface area contributed by atoms with Crippen molar-refractivity contribution in [3.05, 3.63) is 25.3 Å². The Kier molecular flexibility index (Phi) is 63.5. The van der Waals surface area contributed by atoms with Crippen molar-refractivity contribution in [2.45, 2.75) is 255 Å². The maximum Gasteiger partial charge on any atom is 0.461 e. The van der Waals surface area contributed by atoms with Crippen LogP contribution in [0.15, 0.2) is 25.3 Å². The molecule has 0 aromatic carbocycles. The molecule has 61 heavy (non-hydrogen) atoms. The molecule has 0 atom stereocenters. The van der Waals surface area contributed by atoms with Crippen molar-refractivity contribution in [2.24, 2.45) is 53.3 Å². The molecule has 0 aliphatic carbocycles. The van der Waals surface area contributed by atoms with Gasteiger partial charge in [-0.15, -0.1) is 13.2 Å². The molecule has 0 aliphatic rings. The van der Waals surface area contributed by atoms with E-state index in [-0.39, 0.29) is 0 Å². The van der Waals surface area contributed by atoms with Gasteiger partial charge in [-0.05, 0) is 38.5 Å². The molecule has 0 aromatic heterocycles. The molecular formula is C55H120Al4O2. The molecule has 0 spiro atoms. The van der Waals surface area contributed by atoms with E-state index in [1.807, 2.05) is 12.2 Å². The molecule has 6 heteroatoms. The number of unbranched alkanes of at least 4 members (excludes halogenated alkanes) is 8. The highest BCUT2D eigenvalue weighted by Crippen LogP contribution is 2.22. The van der Waals surface area contributed by atoms with Gasteiger partial charge in [0, 0.05) is 13.2 Å². The van der Waals surface area contributed by atoms with Crippen molar-refractivity contribution >= 4 is 58.0 Å². The fraction of sp³-hybridized carbons (Fsp3) is 0.927. The van der Waals surface area contributed by atoms with Gasteiger partial charge in [0.2, 0.25) is 15.2 Å². The van der Waals surface area contributed by atoms with Crippen LogP contribution < -0.4 is 0 Å². The lowest BCUT2D eigenvalue weighted by Crippen LogP contribution is -2.22. The van der Waals surface area contributed by atoms with Crippen LogP contribution in [0.2, 0.25) is 52.8 Å². The number of allylic oxidation sites excluding steroid dienone is 2. The standard InChI is InChI=1S/C7H14.2C6H12O.9C4H9.4Al.H/c1-3-5-7-6-4-2;2*1-2-3-4-5-6-7;9*1-4(2)3;;;;;/h3H,1,4-7H2,2H3;1-6H2;2,7H,1,3-6H2;9*4H,1H2,2-3H3;;;;;/q;-1;;;;;;;;;;;;;;+1;. The fourth-order valence-corrected chi connectivity index (χ4v) is 22.0. The Hall–Kier alpha value is 1.53. The van der Waals surface area contributed by atoms with Gasteiger partial charge < -0.3 is 8.90 Å². The van der Waals surface area contributed by atoms with E-state index in [1.165, 1.54) is 72.5 Å². The Morgan fingerprint density at radius 1 is 0.443 bits per heavy atom. The molecule has 0 bridgehead atoms. The summed E-state index contributed by atoms with van der Waals surface area (Å²) >= 11 is -1.52. The Bertz CT molecular complexity index is 731. The lowest BCUT2D eigenvalue weighted by molar-refractivity contribution is 0.285. The largest absolute Gasteiger partial charge is 0.501 e. The van der Waals surface area contributed by atoms with Crippen LogP contribution in [0.4, 0.5) is 0 Å². The van der Waals surface area contributed by atoms with Gasteiger partial charge in [0.25, 0.3) is 28.3 Å². The smallest absolute Gasteiger partial charge is 0.461 e. The fourth-order valence-electron chi connectivity index (χ4n) is 8.25. The number of hydrogen-bond acceptors (Lipinski definition) is 2. The summed E-state index contributed by atoms with van der Waals surface area (Å²) in [6.07, 6.45) is 17.6. The minimum atomic E-state index is -0.951. The molecule has 0 fully saturated rings. The monoisotopic (exact) mass is 921 g/mol. The first-order valence-corrected chi connectivity index (χ1v) is 36.0. The van der Waals surface area contributed by atoms with E-state index in [2.05, 4.69) is 145 Å². The minimum Gasteiger partial charge on any atom is -0.501 e. The second kappa shape index (κ2) is 54.1. The van der Waals surface area contributed by atoms with Crippen LogP contribution >= 0.6 is 0 Å². The second-order valence-electron chi connectivity index (χ2n) is 22.8. The van der Waals surface area contributed by atoms with Crippen molar-refractivity contribution in [1.29, 1.82) is 0 Å². The molecule has 0 saturated carbocycles. The van der Waals surface area contributed by atoms with Crippen LogP contribution in [-0.2, 0) is 3.79 Å². The van der Waals surface area contributed by atoms with E-state index in [0.29, 0.717) is 21.8 Å². The first-order valence-electron chi connectivity index (χ1n) is 27.0. The predicted molar refractivity (Wildman–Crippen MR) is 296 cm³/mol. The summed E-state index contributed by atoms with van der Waals surface area (Å²) in [6, 6.07) is 0. The molecule has 0 rings (SSSR count). The zero-order chi connectivity index (χ0) is 48.0. The highest BCUT2D eigenvalue weighted by atomic mass is 27.2. The first-order chi connectivity index (χ1) is 28.6. The molecule has 2 nitrogen and oxygen atoms in total. The zero-order valence-electron chi connectivity index (χ0n) is 46.3. The molecule has 0 radical (unpaired) electrons. The minimum absolute atomic E-state index is 0.313. The summed E-state index contributed by atoms with van der Waals surface area (Å²) in [5.74, 6) is 8.11. The van der Waals surface area contributed by atoms with E-state index >= 15 is 0 Å². The molecule has 0 heterocycles. The number of aliphatic hydroxyl groups is 1. The van der Waals surface area contributed by atoms with E-state index < -0.39 is 42.8 Å². The third-order valence-electron chi connectivity index (χ3n) is 10.7. The van der Waals surface area contributed by atoms with Gasteiger partial charge in [-0.25, -0.2) is 0 Å². The van der Waals surface area contributed by atoms with Crippen LogP contribution in [-0.4, -0.2) is 76.3 Å². The van der Waals surface area contributed by atoms with E-state index in [9.17, 15) is 0 Å². The van der Waals surface area contributed by atoms with Gasteiger partial charge in [0.05, 0.1) is 0 Å². The van der Waals surface area contributed by atoms with Crippen LogP contribution in [0.3, 0.4) is 0 Å². The normalized spacial score (nSPS) is 11.0. The van der Waals surface area contributed by atoms with E-state index in [1.54, 1.807) is 31.7 Å². The van der Waals surface area contributed by atoms with Gasteiger partial charge in [0.1, 0.15) is 0 Å². The van der Waals surface area contributed by atoms with Gasteiger partial charge >= 0.3 is 14.5 Å². The summed E-state index contributed by atoms with van der Waals surface area (Å²) in [5.41, 5.74) is 0. The number of aliphatic hydroxyl groups excluding tert-OH is 1. The molecule has 364 valence electrons. The molecular weight excluding hydrogens is 801 g/mol. The van der Waals surface area contributed by atoms with Crippen molar-refractivity contribution < 1.29 is 8.90 Å². The molecule has 0 aromatic rings. The maximum absolute atomic E-state index is 8.26. The topological polar surface area (TPSA) is 29.5 Å². The van der Waals surface area contributed by atoms with Crippen LogP contribution in [0, 0.1) is 53.3 Å². The van der Waals surface area contributed by atoms with E-state index in [0.717, 1.165) is 79.1 Å². The summed E-state index contributed by atoms with van der Waals surface area (Å²) in [5, 5.41) is 23.4. The summed E-state index contributed by atoms with van der Waals surface area (Å²) < 4.78 is 6.34. The third kappa shape index (κ3) is 76.1. The third-order valence-corrected chi connectivity index (χ3v) is 26.8. The van der Waals surface area contributed by atoms with E-state index in [4.69, 9.17) is 8.90 Å². The summed E-state index contributed by atoms with van der Waals surface area (Å²) in [6.45, 7) is 53.3. The average Bonchev–Trinajstić information content (AvgIpc) is 3.10. The highest BCUT2D eigenvalue weighted by molar-refractivity contribution is 6.59. The Morgan fingerprint density at radius 3 is 1.13 bits per heavy atom. The van der Waals surface area contributed by atoms with Crippen molar-refractivity contribution in [3.63, 3.8) is 0 Å². The maximum atomic E-state index is 8.26. The zero-order valence-corrected chi connectivity index (χ0v) is 51.2. The highest BCUT2D eigenvalue weighted by Gasteiger charge is 2.23. The first kappa shape index (κ1) is 71.5. The second-order valence-corrected chi connectivity index (χ2v) is 33.6. The van der Waals surface area contributed by atoms with Gasteiger partial charge in [0.15, 0.2) is 0 Å². The predicted octanol–water partition coefficient (Wildman–Crippen LogP) is 18.8. The molecule has 0 aliphatic heterocycles. The number of hydrogen-bond donors (Lipinski definition) is 1.